The highest BCUT2D eigenvalue weighted by Gasteiger charge is 2.28. The summed E-state index contributed by atoms with van der Waals surface area (Å²) in [5.41, 5.74) is -0.00685. The third-order valence-electron chi connectivity index (χ3n) is 2.76. The van der Waals surface area contributed by atoms with Gasteiger partial charge < -0.3 is 9.57 Å². The van der Waals surface area contributed by atoms with E-state index in [1.165, 1.54) is 0 Å². The van der Waals surface area contributed by atoms with Crippen LogP contribution in [0.4, 0.5) is 4.79 Å². The number of hydroxylamine groups is 2. The number of carbonyl (C=O) groups excluding carboxylic acids is 1. The van der Waals surface area contributed by atoms with Crippen LogP contribution in [0.5, 0.6) is 0 Å². The topological polar surface area (TPSA) is 38.8 Å². The quantitative estimate of drug-likeness (QED) is 0.552. The molecule has 0 bridgehead atoms. The SMILES string of the molecule is CC(OC(=O)ON1CCCC1)[Si](C)(C)C. The molecule has 0 amide bonds. The normalized spacial score (nSPS) is 20.0. The second-order valence-corrected chi connectivity index (χ2v) is 10.6. The third-order valence-corrected chi connectivity index (χ3v) is 5.32. The number of carbonyl (C=O) groups is 1. The molecule has 0 saturated carbocycles. The van der Waals surface area contributed by atoms with Gasteiger partial charge in [-0.2, -0.15) is 0 Å². The lowest BCUT2D eigenvalue weighted by Crippen LogP contribution is -2.40. The summed E-state index contributed by atoms with van der Waals surface area (Å²) in [6, 6.07) is 0. The lowest BCUT2D eigenvalue weighted by Gasteiger charge is -2.25. The molecule has 1 rings (SSSR count). The molecule has 0 aliphatic carbocycles. The molecule has 0 N–H and O–H groups in total. The predicted octanol–water partition coefficient (Wildman–Crippen LogP) is 2.42. The summed E-state index contributed by atoms with van der Waals surface area (Å²) in [7, 11) is -1.42. The standard InChI is InChI=1S/C10H21NO3Si/c1-9(15(2,3)4)13-10(12)14-11-7-5-6-8-11/h9H,5-8H2,1-4H3. The van der Waals surface area contributed by atoms with Crippen LogP contribution in [0.15, 0.2) is 0 Å². The smallest absolute Gasteiger partial charge is 0.434 e. The fourth-order valence-corrected chi connectivity index (χ4v) is 1.68. The molecule has 1 saturated heterocycles. The summed E-state index contributed by atoms with van der Waals surface area (Å²) in [6.45, 7) is 10.1. The fourth-order valence-electron chi connectivity index (χ4n) is 1.23. The molecular weight excluding hydrogens is 210 g/mol. The Morgan fingerprint density at radius 3 is 2.27 bits per heavy atom. The molecule has 1 heterocycles. The minimum Gasteiger partial charge on any atom is -0.434 e. The summed E-state index contributed by atoms with van der Waals surface area (Å²) in [5, 5.41) is 1.68. The number of hydrogen-bond donors (Lipinski definition) is 0. The Labute approximate surface area is 92.5 Å². The van der Waals surface area contributed by atoms with E-state index in [2.05, 4.69) is 19.6 Å². The van der Waals surface area contributed by atoms with Crippen LogP contribution in [0.2, 0.25) is 19.6 Å². The van der Waals surface area contributed by atoms with E-state index in [0.717, 1.165) is 25.9 Å². The van der Waals surface area contributed by atoms with Gasteiger partial charge in [0.2, 0.25) is 0 Å². The van der Waals surface area contributed by atoms with E-state index in [0.29, 0.717) is 0 Å². The van der Waals surface area contributed by atoms with Gasteiger partial charge in [-0.15, -0.1) is 5.06 Å². The maximum Gasteiger partial charge on any atom is 0.527 e. The first-order chi connectivity index (χ1) is 6.89. The molecule has 1 unspecified atom stereocenters. The van der Waals surface area contributed by atoms with E-state index < -0.39 is 14.2 Å². The lowest BCUT2D eigenvalue weighted by molar-refractivity contribution is -0.115. The van der Waals surface area contributed by atoms with Crippen molar-refractivity contribution in [1.82, 2.24) is 5.06 Å². The number of ether oxygens (including phenoxy) is 1. The van der Waals surface area contributed by atoms with Gasteiger partial charge in [0, 0.05) is 13.1 Å². The summed E-state index contributed by atoms with van der Waals surface area (Å²) in [5.74, 6) is 0. The van der Waals surface area contributed by atoms with E-state index >= 15 is 0 Å². The Balaban J connectivity index is 2.29. The molecule has 15 heavy (non-hydrogen) atoms. The van der Waals surface area contributed by atoms with Crippen LogP contribution in [-0.4, -0.2) is 38.1 Å². The van der Waals surface area contributed by atoms with Crippen LogP contribution < -0.4 is 0 Å². The van der Waals surface area contributed by atoms with Crippen molar-refractivity contribution >= 4 is 14.2 Å². The van der Waals surface area contributed by atoms with E-state index in [9.17, 15) is 4.79 Å². The van der Waals surface area contributed by atoms with Crippen LogP contribution in [0.3, 0.4) is 0 Å². The first kappa shape index (κ1) is 12.5. The number of hydrogen-bond acceptors (Lipinski definition) is 4. The molecule has 1 aliphatic heterocycles. The van der Waals surface area contributed by atoms with Crippen molar-refractivity contribution in [3.05, 3.63) is 0 Å². The van der Waals surface area contributed by atoms with Gasteiger partial charge in [0.1, 0.15) is 0 Å². The Kier molecular flexibility index (Phi) is 4.16. The van der Waals surface area contributed by atoms with Gasteiger partial charge in [-0.05, 0) is 19.8 Å². The van der Waals surface area contributed by atoms with Gasteiger partial charge in [-0.25, -0.2) is 4.79 Å². The van der Waals surface area contributed by atoms with Crippen molar-refractivity contribution in [3.63, 3.8) is 0 Å². The second-order valence-electron chi connectivity index (χ2n) is 5.10. The molecule has 1 atom stereocenters. The maximum absolute atomic E-state index is 11.4. The average molecular weight is 231 g/mol. The fraction of sp³-hybridized carbons (Fsp3) is 0.900. The maximum atomic E-state index is 11.4. The zero-order chi connectivity index (χ0) is 11.5. The third kappa shape index (κ3) is 4.21. The summed E-state index contributed by atoms with van der Waals surface area (Å²) < 4.78 is 5.24. The molecule has 88 valence electrons. The van der Waals surface area contributed by atoms with Crippen molar-refractivity contribution < 1.29 is 14.4 Å². The zero-order valence-corrected chi connectivity index (χ0v) is 11.1. The van der Waals surface area contributed by atoms with E-state index in [1.807, 2.05) is 6.92 Å². The molecule has 4 nitrogen and oxygen atoms in total. The van der Waals surface area contributed by atoms with Gasteiger partial charge in [0.15, 0.2) is 0 Å². The highest BCUT2D eigenvalue weighted by atomic mass is 28.3. The minimum atomic E-state index is -1.42. The zero-order valence-electron chi connectivity index (χ0n) is 10.1. The molecule has 0 radical (unpaired) electrons. The van der Waals surface area contributed by atoms with Crippen molar-refractivity contribution in [2.24, 2.45) is 0 Å². The van der Waals surface area contributed by atoms with Crippen molar-refractivity contribution in [2.45, 2.75) is 45.1 Å². The molecule has 1 aliphatic rings. The van der Waals surface area contributed by atoms with Crippen LogP contribution in [-0.2, 0) is 9.57 Å². The van der Waals surface area contributed by atoms with E-state index in [4.69, 9.17) is 9.57 Å². The molecule has 5 heteroatoms. The van der Waals surface area contributed by atoms with Gasteiger partial charge in [-0.3, -0.25) is 0 Å². The first-order valence-electron chi connectivity index (χ1n) is 5.53. The lowest BCUT2D eigenvalue weighted by atomic mass is 10.4. The molecule has 0 spiro atoms. The van der Waals surface area contributed by atoms with Gasteiger partial charge >= 0.3 is 6.16 Å². The Hall–Kier alpha value is -0.553. The molecule has 0 aromatic carbocycles. The summed E-state index contributed by atoms with van der Waals surface area (Å²) in [4.78, 5) is 16.5. The Morgan fingerprint density at radius 2 is 1.80 bits per heavy atom. The van der Waals surface area contributed by atoms with E-state index in [1.54, 1.807) is 5.06 Å². The average Bonchev–Trinajstić information content (AvgIpc) is 2.54. The van der Waals surface area contributed by atoms with E-state index in [-0.39, 0.29) is 5.73 Å². The van der Waals surface area contributed by atoms with Crippen molar-refractivity contribution in [2.75, 3.05) is 13.1 Å². The molecule has 1 fully saturated rings. The molecule has 0 aromatic rings. The summed E-state index contributed by atoms with van der Waals surface area (Å²) >= 11 is 0. The molecular formula is C10H21NO3Si. The van der Waals surface area contributed by atoms with Crippen LogP contribution in [0, 0.1) is 0 Å². The van der Waals surface area contributed by atoms with Gasteiger partial charge in [0.05, 0.1) is 13.8 Å². The molecule has 0 aromatic heterocycles. The van der Waals surface area contributed by atoms with Crippen molar-refractivity contribution in [3.8, 4) is 0 Å². The number of nitrogens with zero attached hydrogens (tertiary/aromatic N) is 1. The minimum absolute atomic E-state index is 0.00685. The Morgan fingerprint density at radius 1 is 1.27 bits per heavy atom. The monoisotopic (exact) mass is 231 g/mol. The van der Waals surface area contributed by atoms with Crippen LogP contribution >= 0.6 is 0 Å². The second kappa shape index (κ2) is 4.98. The van der Waals surface area contributed by atoms with Crippen LogP contribution in [0.25, 0.3) is 0 Å². The van der Waals surface area contributed by atoms with Crippen molar-refractivity contribution in [1.29, 1.82) is 0 Å². The Bertz CT molecular complexity index is 221. The highest BCUT2D eigenvalue weighted by molar-refractivity contribution is 6.77. The summed E-state index contributed by atoms with van der Waals surface area (Å²) in [6.07, 6.45) is 1.64. The largest absolute Gasteiger partial charge is 0.527 e. The highest BCUT2D eigenvalue weighted by Crippen LogP contribution is 2.13. The van der Waals surface area contributed by atoms with Crippen LogP contribution in [0.1, 0.15) is 19.8 Å². The van der Waals surface area contributed by atoms with Gasteiger partial charge in [-0.1, -0.05) is 19.6 Å². The number of rotatable bonds is 3. The predicted molar refractivity (Wildman–Crippen MR) is 61.2 cm³/mol. The first-order valence-corrected chi connectivity index (χ1v) is 9.11. The van der Waals surface area contributed by atoms with Gasteiger partial charge in [0.25, 0.3) is 0 Å².